The number of aryl methyl sites for hydroxylation is 2. The summed E-state index contributed by atoms with van der Waals surface area (Å²) in [5, 5.41) is 15.3. The van der Waals surface area contributed by atoms with Crippen LogP contribution in [-0.4, -0.2) is 26.8 Å². The predicted molar refractivity (Wildman–Crippen MR) is 65.5 cm³/mol. The smallest absolute Gasteiger partial charge is 0.353 e. The Kier molecular flexibility index (Phi) is 3.51. The molecule has 0 aromatic carbocycles. The highest BCUT2D eigenvalue weighted by molar-refractivity contribution is 5.46. The number of hydrogen-bond acceptors (Lipinski definition) is 5. The van der Waals surface area contributed by atoms with E-state index in [2.05, 4.69) is 5.10 Å². The van der Waals surface area contributed by atoms with Crippen LogP contribution in [-0.2, 0) is 13.5 Å². The molecule has 7 heteroatoms. The highest BCUT2D eigenvalue weighted by atomic mass is 16.6. The lowest BCUT2D eigenvalue weighted by Gasteiger charge is -2.31. The second kappa shape index (κ2) is 4.93. The minimum atomic E-state index is -0.411. The maximum absolute atomic E-state index is 11.1. The summed E-state index contributed by atoms with van der Waals surface area (Å²) in [7, 11) is 1.67. The molecule has 0 atom stereocenters. The van der Waals surface area contributed by atoms with Crippen molar-refractivity contribution in [2.24, 2.45) is 12.8 Å². The van der Waals surface area contributed by atoms with Crippen molar-refractivity contribution in [3.8, 4) is 5.88 Å². The maximum atomic E-state index is 11.1. The number of nitrogens with two attached hydrogens (primary N) is 1. The molecule has 0 spiro atoms. The van der Waals surface area contributed by atoms with Crippen LogP contribution in [0.3, 0.4) is 0 Å². The highest BCUT2D eigenvalue weighted by Crippen LogP contribution is 2.34. The Morgan fingerprint density at radius 1 is 1.61 bits per heavy atom. The molecule has 2 rings (SSSR count). The molecule has 0 bridgehead atoms. The molecule has 7 nitrogen and oxygen atoms in total. The van der Waals surface area contributed by atoms with E-state index in [-0.39, 0.29) is 23.7 Å². The third-order valence-electron chi connectivity index (χ3n) is 3.12. The minimum absolute atomic E-state index is 0.000165. The van der Waals surface area contributed by atoms with E-state index in [1.54, 1.807) is 7.05 Å². The zero-order valence-corrected chi connectivity index (χ0v) is 10.6. The lowest BCUT2D eigenvalue weighted by molar-refractivity contribution is -0.386. The van der Waals surface area contributed by atoms with Gasteiger partial charge < -0.3 is 10.5 Å². The molecule has 1 aromatic rings. The number of nitrogens with zero attached hydrogens (tertiary/aromatic N) is 3. The second-order valence-electron chi connectivity index (χ2n) is 4.70. The van der Waals surface area contributed by atoms with Crippen LogP contribution >= 0.6 is 0 Å². The largest absolute Gasteiger partial charge is 0.470 e. The van der Waals surface area contributed by atoms with Gasteiger partial charge in [0.25, 0.3) is 5.88 Å². The van der Waals surface area contributed by atoms with Gasteiger partial charge in [0.2, 0.25) is 0 Å². The normalized spacial score (nSPS) is 22.6. The minimum Gasteiger partial charge on any atom is -0.470 e. The maximum Gasteiger partial charge on any atom is 0.353 e. The van der Waals surface area contributed by atoms with Crippen LogP contribution < -0.4 is 10.5 Å². The summed E-state index contributed by atoms with van der Waals surface area (Å²) < 4.78 is 7.10. The molecule has 0 radical (unpaired) electrons. The van der Waals surface area contributed by atoms with E-state index in [1.165, 1.54) is 4.68 Å². The van der Waals surface area contributed by atoms with Crippen LogP contribution in [0.1, 0.15) is 31.9 Å². The SMILES string of the molecule is CCCc1nn(C)c(OC2CC(N)C2)c1[N+](=O)[O-]. The van der Waals surface area contributed by atoms with Crippen LogP contribution in [0.4, 0.5) is 5.69 Å². The third-order valence-corrected chi connectivity index (χ3v) is 3.12. The number of rotatable bonds is 5. The van der Waals surface area contributed by atoms with Crippen LogP contribution in [0.25, 0.3) is 0 Å². The summed E-state index contributed by atoms with van der Waals surface area (Å²) in [5.41, 5.74) is 6.16. The zero-order chi connectivity index (χ0) is 13.3. The van der Waals surface area contributed by atoms with Gasteiger partial charge in [-0.25, -0.2) is 4.68 Å². The fraction of sp³-hybridized carbons (Fsp3) is 0.727. The molecule has 0 aliphatic heterocycles. The topological polar surface area (TPSA) is 96.2 Å². The first-order chi connectivity index (χ1) is 8.52. The number of ether oxygens (including phenoxy) is 1. The number of hydrogen-bond donors (Lipinski definition) is 1. The second-order valence-corrected chi connectivity index (χ2v) is 4.70. The van der Waals surface area contributed by atoms with Crippen molar-refractivity contribution in [3.63, 3.8) is 0 Å². The van der Waals surface area contributed by atoms with Gasteiger partial charge >= 0.3 is 5.69 Å². The molecule has 18 heavy (non-hydrogen) atoms. The van der Waals surface area contributed by atoms with Crippen LogP contribution in [0.5, 0.6) is 5.88 Å². The van der Waals surface area contributed by atoms with Gasteiger partial charge in [-0.1, -0.05) is 13.3 Å². The Morgan fingerprint density at radius 2 is 2.28 bits per heavy atom. The average Bonchev–Trinajstić information content (AvgIpc) is 2.54. The predicted octanol–water partition coefficient (Wildman–Crippen LogP) is 1.15. The fourth-order valence-corrected chi connectivity index (χ4v) is 2.13. The molecule has 1 aromatic heterocycles. The van der Waals surface area contributed by atoms with Crippen molar-refractivity contribution >= 4 is 5.69 Å². The third kappa shape index (κ3) is 2.31. The van der Waals surface area contributed by atoms with E-state index in [4.69, 9.17) is 10.5 Å². The summed E-state index contributed by atoms with van der Waals surface area (Å²) >= 11 is 0. The first kappa shape index (κ1) is 12.8. The van der Waals surface area contributed by atoms with Gasteiger partial charge in [-0.2, -0.15) is 5.10 Å². The molecule has 1 heterocycles. The van der Waals surface area contributed by atoms with Crippen molar-refractivity contribution in [2.45, 2.75) is 44.8 Å². The summed E-state index contributed by atoms with van der Waals surface area (Å²) in [4.78, 5) is 10.7. The first-order valence-electron chi connectivity index (χ1n) is 6.15. The fourth-order valence-electron chi connectivity index (χ4n) is 2.13. The standard InChI is InChI=1S/C11H18N4O3/c1-3-4-9-10(15(16)17)11(14(2)13-9)18-8-5-7(12)6-8/h7-8H,3-6,12H2,1-2H3. The van der Waals surface area contributed by atoms with Gasteiger partial charge in [0.1, 0.15) is 11.8 Å². The van der Waals surface area contributed by atoms with Crippen molar-refractivity contribution < 1.29 is 9.66 Å². The molecule has 1 aliphatic rings. The van der Waals surface area contributed by atoms with Crippen molar-refractivity contribution in [3.05, 3.63) is 15.8 Å². The molecule has 0 amide bonds. The van der Waals surface area contributed by atoms with Crippen molar-refractivity contribution in [1.82, 2.24) is 9.78 Å². The highest BCUT2D eigenvalue weighted by Gasteiger charge is 2.34. The van der Waals surface area contributed by atoms with Gasteiger partial charge in [0.15, 0.2) is 0 Å². The lowest BCUT2D eigenvalue weighted by Crippen LogP contribution is -2.43. The summed E-state index contributed by atoms with van der Waals surface area (Å²) in [6.45, 7) is 1.96. The van der Waals surface area contributed by atoms with E-state index in [1.807, 2.05) is 6.92 Å². The van der Waals surface area contributed by atoms with Crippen LogP contribution in [0.15, 0.2) is 0 Å². The summed E-state index contributed by atoms with van der Waals surface area (Å²) in [6, 6.07) is 0.150. The van der Waals surface area contributed by atoms with E-state index in [0.717, 1.165) is 19.3 Å². The van der Waals surface area contributed by atoms with E-state index in [0.29, 0.717) is 12.1 Å². The molecule has 1 aliphatic carbocycles. The number of aromatic nitrogens is 2. The van der Waals surface area contributed by atoms with Crippen LogP contribution in [0, 0.1) is 10.1 Å². The molecule has 1 saturated carbocycles. The Hall–Kier alpha value is -1.63. The van der Waals surface area contributed by atoms with E-state index >= 15 is 0 Å². The molecule has 0 unspecified atom stereocenters. The Balaban J connectivity index is 2.24. The molecule has 1 fully saturated rings. The zero-order valence-electron chi connectivity index (χ0n) is 10.6. The summed E-state index contributed by atoms with van der Waals surface area (Å²) in [6.07, 6.45) is 2.85. The number of nitro groups is 1. The first-order valence-corrected chi connectivity index (χ1v) is 6.15. The molecule has 0 saturated heterocycles. The van der Waals surface area contributed by atoms with Gasteiger partial charge in [0.05, 0.1) is 4.92 Å². The average molecular weight is 254 g/mol. The quantitative estimate of drug-likeness (QED) is 0.628. The Morgan fingerprint density at radius 3 is 2.78 bits per heavy atom. The molecule has 2 N–H and O–H groups in total. The van der Waals surface area contributed by atoms with Gasteiger partial charge in [-0.3, -0.25) is 10.1 Å². The molecular formula is C11H18N4O3. The Labute approximate surface area is 105 Å². The monoisotopic (exact) mass is 254 g/mol. The Bertz CT molecular complexity index is 451. The van der Waals surface area contributed by atoms with Gasteiger partial charge in [0, 0.05) is 13.1 Å². The van der Waals surface area contributed by atoms with Gasteiger partial charge in [-0.15, -0.1) is 0 Å². The van der Waals surface area contributed by atoms with Crippen molar-refractivity contribution in [2.75, 3.05) is 0 Å². The lowest BCUT2D eigenvalue weighted by atomic mass is 9.90. The molecule has 100 valence electrons. The molecular weight excluding hydrogens is 236 g/mol. The summed E-state index contributed by atoms with van der Waals surface area (Å²) in [5.74, 6) is 0.250. The van der Waals surface area contributed by atoms with Crippen LogP contribution in [0.2, 0.25) is 0 Å². The van der Waals surface area contributed by atoms with Crippen molar-refractivity contribution in [1.29, 1.82) is 0 Å². The van der Waals surface area contributed by atoms with E-state index in [9.17, 15) is 10.1 Å². The van der Waals surface area contributed by atoms with E-state index < -0.39 is 4.92 Å². The van der Waals surface area contributed by atoms with Gasteiger partial charge in [-0.05, 0) is 19.3 Å².